The molecular weight excluding hydrogens is 382 g/mol. The van der Waals surface area contributed by atoms with Gasteiger partial charge in [-0.1, -0.05) is 60.7 Å². The van der Waals surface area contributed by atoms with E-state index in [2.05, 4.69) is 17.0 Å². The number of nitrogens with zero attached hydrogens (tertiary/aromatic N) is 1. The molecule has 6 nitrogen and oxygen atoms in total. The number of esters is 2. The van der Waals surface area contributed by atoms with Crippen molar-refractivity contribution in [1.29, 1.82) is 0 Å². The second kappa shape index (κ2) is 10.9. The minimum Gasteiger partial charge on any atom is -0.465 e. The molecule has 0 aliphatic carbocycles. The van der Waals surface area contributed by atoms with Crippen LogP contribution in [0, 0.1) is 5.92 Å². The Morgan fingerprint density at radius 3 is 2.13 bits per heavy atom. The van der Waals surface area contributed by atoms with Gasteiger partial charge in [-0.25, -0.2) is 0 Å². The molecule has 0 amide bonds. The Morgan fingerprint density at radius 2 is 1.53 bits per heavy atom. The maximum absolute atomic E-state index is 11.8. The first-order valence-corrected chi connectivity index (χ1v) is 10.2. The van der Waals surface area contributed by atoms with Gasteiger partial charge in [0.25, 0.3) is 0 Å². The molecule has 0 aromatic heterocycles. The molecule has 0 saturated carbocycles. The zero-order valence-corrected chi connectivity index (χ0v) is 17.5. The van der Waals surface area contributed by atoms with Gasteiger partial charge in [-0.3, -0.25) is 14.5 Å². The van der Waals surface area contributed by atoms with Crippen LogP contribution in [-0.2, 0) is 37.0 Å². The lowest BCUT2D eigenvalue weighted by molar-refractivity contribution is -0.177. The van der Waals surface area contributed by atoms with Gasteiger partial charge in [0.2, 0.25) is 0 Å². The summed E-state index contributed by atoms with van der Waals surface area (Å²) in [5.41, 5.74) is 2.24. The smallest absolute Gasteiger partial charge is 0.303 e. The largest absolute Gasteiger partial charge is 0.465 e. The van der Waals surface area contributed by atoms with Gasteiger partial charge in [0, 0.05) is 39.4 Å². The summed E-state index contributed by atoms with van der Waals surface area (Å²) in [6.45, 7) is 5.39. The zero-order valence-electron chi connectivity index (χ0n) is 17.5. The minimum absolute atomic E-state index is 0.170. The number of likely N-dealkylation sites (tertiary alicyclic amines) is 1. The number of ether oxygens (including phenoxy) is 3. The Kier molecular flexibility index (Phi) is 7.99. The highest BCUT2D eigenvalue weighted by Crippen LogP contribution is 2.26. The van der Waals surface area contributed by atoms with Gasteiger partial charge in [0.05, 0.1) is 13.2 Å². The highest BCUT2D eigenvalue weighted by molar-refractivity contribution is 5.66. The molecule has 3 rings (SSSR count). The fraction of sp³-hybridized carbons (Fsp3) is 0.417. The van der Waals surface area contributed by atoms with Gasteiger partial charge in [-0.2, -0.15) is 0 Å². The SMILES string of the molecule is CC(=O)OCC1CN(Cc2ccccc2)C[C@H](OCc2ccccc2)[C@@H]1OC(C)=O. The van der Waals surface area contributed by atoms with Crippen LogP contribution in [0.3, 0.4) is 0 Å². The summed E-state index contributed by atoms with van der Waals surface area (Å²) in [7, 11) is 0. The van der Waals surface area contributed by atoms with E-state index >= 15 is 0 Å². The molecule has 0 bridgehead atoms. The molecule has 160 valence electrons. The lowest BCUT2D eigenvalue weighted by Crippen LogP contribution is -2.55. The van der Waals surface area contributed by atoms with Gasteiger partial charge < -0.3 is 14.2 Å². The average molecular weight is 411 g/mol. The van der Waals surface area contributed by atoms with Crippen LogP contribution in [-0.4, -0.2) is 48.7 Å². The molecule has 1 heterocycles. The van der Waals surface area contributed by atoms with Gasteiger partial charge in [0.15, 0.2) is 0 Å². The third-order valence-electron chi connectivity index (χ3n) is 5.12. The fourth-order valence-corrected chi connectivity index (χ4v) is 3.80. The van der Waals surface area contributed by atoms with E-state index < -0.39 is 6.10 Å². The van der Waals surface area contributed by atoms with E-state index in [1.54, 1.807) is 0 Å². The van der Waals surface area contributed by atoms with Crippen LogP contribution in [0.4, 0.5) is 0 Å². The van der Waals surface area contributed by atoms with Crippen molar-refractivity contribution in [2.45, 2.75) is 39.2 Å². The molecule has 30 heavy (non-hydrogen) atoms. The van der Waals surface area contributed by atoms with E-state index in [0.717, 1.165) is 12.1 Å². The van der Waals surface area contributed by atoms with Gasteiger partial charge in [-0.05, 0) is 11.1 Å². The number of hydrogen-bond acceptors (Lipinski definition) is 6. The number of carbonyl (C=O) groups excluding carboxylic acids is 2. The Hall–Kier alpha value is -2.70. The predicted octanol–water partition coefficient (Wildman–Crippen LogP) is 3.20. The Labute approximate surface area is 177 Å². The minimum atomic E-state index is -0.474. The Morgan fingerprint density at radius 1 is 0.900 bits per heavy atom. The van der Waals surface area contributed by atoms with E-state index in [1.165, 1.54) is 19.4 Å². The highest BCUT2D eigenvalue weighted by atomic mass is 16.6. The lowest BCUT2D eigenvalue weighted by Gasteiger charge is -2.42. The first-order valence-electron chi connectivity index (χ1n) is 10.2. The maximum atomic E-state index is 11.8. The molecule has 1 fully saturated rings. The van der Waals surface area contributed by atoms with Crippen molar-refractivity contribution >= 4 is 11.9 Å². The molecule has 2 aromatic rings. The van der Waals surface area contributed by atoms with Crippen molar-refractivity contribution < 1.29 is 23.8 Å². The third-order valence-corrected chi connectivity index (χ3v) is 5.12. The molecule has 1 unspecified atom stereocenters. The molecular formula is C24H29NO5. The summed E-state index contributed by atoms with van der Waals surface area (Å²) >= 11 is 0. The molecule has 3 atom stereocenters. The number of rotatable bonds is 8. The summed E-state index contributed by atoms with van der Waals surface area (Å²) in [5.74, 6) is -0.882. The molecule has 1 aliphatic rings. The molecule has 6 heteroatoms. The van der Waals surface area contributed by atoms with Crippen molar-refractivity contribution in [3.05, 3.63) is 71.8 Å². The van der Waals surface area contributed by atoms with E-state index in [9.17, 15) is 9.59 Å². The number of hydrogen-bond donors (Lipinski definition) is 0. The van der Waals surface area contributed by atoms with Gasteiger partial charge in [0.1, 0.15) is 12.2 Å². The summed E-state index contributed by atoms with van der Waals surface area (Å²) < 4.78 is 17.2. The first kappa shape index (κ1) is 22.0. The van der Waals surface area contributed by atoms with Crippen molar-refractivity contribution in [3.8, 4) is 0 Å². The van der Waals surface area contributed by atoms with Crippen molar-refractivity contribution in [1.82, 2.24) is 4.90 Å². The second-order valence-electron chi connectivity index (χ2n) is 7.65. The monoisotopic (exact) mass is 411 g/mol. The summed E-state index contributed by atoms with van der Waals surface area (Å²) in [4.78, 5) is 25.5. The summed E-state index contributed by atoms with van der Waals surface area (Å²) in [6, 6.07) is 20.1. The third kappa shape index (κ3) is 6.68. The molecule has 0 N–H and O–H groups in total. The number of piperidine rings is 1. The summed E-state index contributed by atoms with van der Waals surface area (Å²) in [5, 5.41) is 0. The maximum Gasteiger partial charge on any atom is 0.303 e. The van der Waals surface area contributed by atoms with E-state index in [1.807, 2.05) is 48.5 Å². The zero-order chi connectivity index (χ0) is 21.3. The first-order chi connectivity index (χ1) is 14.5. The van der Waals surface area contributed by atoms with Gasteiger partial charge in [-0.15, -0.1) is 0 Å². The summed E-state index contributed by atoms with van der Waals surface area (Å²) in [6.07, 6.45) is -0.801. The highest BCUT2D eigenvalue weighted by Gasteiger charge is 2.40. The van der Waals surface area contributed by atoms with Gasteiger partial charge >= 0.3 is 11.9 Å². The normalized spacial score (nSPS) is 21.7. The van der Waals surface area contributed by atoms with Crippen LogP contribution in [0.15, 0.2) is 60.7 Å². The lowest BCUT2D eigenvalue weighted by atomic mass is 9.92. The molecule has 1 aliphatic heterocycles. The van der Waals surface area contributed by atoms with Crippen LogP contribution < -0.4 is 0 Å². The number of benzene rings is 2. The Balaban J connectivity index is 1.76. The topological polar surface area (TPSA) is 65.1 Å². The van der Waals surface area contributed by atoms with Crippen LogP contribution in [0.1, 0.15) is 25.0 Å². The van der Waals surface area contributed by atoms with Crippen LogP contribution in [0.5, 0.6) is 0 Å². The fourth-order valence-electron chi connectivity index (χ4n) is 3.80. The predicted molar refractivity (Wildman–Crippen MR) is 112 cm³/mol. The van der Waals surface area contributed by atoms with Crippen molar-refractivity contribution in [3.63, 3.8) is 0 Å². The second-order valence-corrected chi connectivity index (χ2v) is 7.65. The molecule has 1 saturated heterocycles. The van der Waals surface area contributed by atoms with E-state index in [0.29, 0.717) is 19.7 Å². The number of carbonyl (C=O) groups is 2. The standard InChI is InChI=1S/C24H29NO5/c1-18(26)28-17-22-14-25(13-20-9-5-3-6-10-20)15-23(24(22)30-19(2)27)29-16-21-11-7-4-8-12-21/h3-12,22-24H,13-17H2,1-2H3/t22?,23-,24+/m0/s1. The molecule has 0 radical (unpaired) electrons. The van der Waals surface area contributed by atoms with Crippen molar-refractivity contribution in [2.75, 3.05) is 19.7 Å². The molecule has 2 aromatic carbocycles. The van der Waals surface area contributed by atoms with E-state index in [4.69, 9.17) is 14.2 Å². The van der Waals surface area contributed by atoms with E-state index in [-0.39, 0.29) is 30.6 Å². The average Bonchev–Trinajstić information content (AvgIpc) is 2.73. The van der Waals surface area contributed by atoms with Crippen LogP contribution >= 0.6 is 0 Å². The molecule has 0 spiro atoms. The van der Waals surface area contributed by atoms with Crippen LogP contribution in [0.25, 0.3) is 0 Å². The quantitative estimate of drug-likeness (QED) is 0.622. The van der Waals surface area contributed by atoms with Crippen molar-refractivity contribution in [2.24, 2.45) is 5.92 Å². The van der Waals surface area contributed by atoms with Crippen LogP contribution in [0.2, 0.25) is 0 Å². The Bertz CT molecular complexity index is 811.